The molecule has 21 heavy (non-hydrogen) atoms. The smallest absolute Gasteiger partial charge is 0.245 e. The minimum atomic E-state index is -3.40. The third-order valence-electron chi connectivity index (χ3n) is 4.06. The molecule has 1 aromatic rings. The lowest BCUT2D eigenvalue weighted by Crippen LogP contribution is -2.40. The third kappa shape index (κ3) is 3.72. The molecular weight excluding hydrogens is 440 g/mol. The fourth-order valence-corrected chi connectivity index (χ4v) is 8.28. The van der Waals surface area contributed by atoms with E-state index in [-0.39, 0.29) is 6.04 Å². The largest absolute Gasteiger partial charge is 0.317 e. The summed E-state index contributed by atoms with van der Waals surface area (Å²) in [7, 11) is -3.40. The standard InChI is InChI=1S/C13H18Br2N2O2S2/c14-12-7-11(13(15)20-12)21(18,19)17(10-1-2-10)8-9-3-5-16-6-4-9/h7,9-10,16H,1-6,8H2. The first kappa shape index (κ1) is 16.4. The van der Waals surface area contributed by atoms with Crippen LogP contribution in [0.15, 0.2) is 18.5 Å². The van der Waals surface area contributed by atoms with Crippen molar-refractivity contribution in [3.05, 3.63) is 13.6 Å². The van der Waals surface area contributed by atoms with Crippen LogP contribution in [0.4, 0.5) is 0 Å². The topological polar surface area (TPSA) is 49.4 Å². The van der Waals surface area contributed by atoms with E-state index in [4.69, 9.17) is 0 Å². The van der Waals surface area contributed by atoms with Gasteiger partial charge in [0.05, 0.1) is 7.57 Å². The van der Waals surface area contributed by atoms with Gasteiger partial charge in [-0.15, -0.1) is 11.3 Å². The van der Waals surface area contributed by atoms with E-state index in [2.05, 4.69) is 37.2 Å². The Bertz CT molecular complexity index is 608. The van der Waals surface area contributed by atoms with Crippen molar-refractivity contribution >= 4 is 53.2 Å². The molecule has 2 fully saturated rings. The lowest BCUT2D eigenvalue weighted by Gasteiger charge is -2.29. The monoisotopic (exact) mass is 456 g/mol. The minimum Gasteiger partial charge on any atom is -0.317 e. The van der Waals surface area contributed by atoms with Gasteiger partial charge in [-0.1, -0.05) is 0 Å². The molecule has 3 rings (SSSR count). The fourth-order valence-electron chi connectivity index (χ4n) is 2.75. The Labute approximate surface area is 146 Å². The van der Waals surface area contributed by atoms with Crippen molar-refractivity contribution in [3.63, 3.8) is 0 Å². The summed E-state index contributed by atoms with van der Waals surface area (Å²) in [5.41, 5.74) is 0. The summed E-state index contributed by atoms with van der Waals surface area (Å²) in [6, 6.07) is 1.91. The summed E-state index contributed by atoms with van der Waals surface area (Å²) in [6.45, 7) is 2.66. The normalized spacial score (nSPS) is 21.1. The van der Waals surface area contributed by atoms with Gasteiger partial charge in [0.1, 0.15) is 4.90 Å². The van der Waals surface area contributed by atoms with E-state index >= 15 is 0 Å². The zero-order valence-electron chi connectivity index (χ0n) is 11.5. The Morgan fingerprint density at radius 1 is 1.24 bits per heavy atom. The van der Waals surface area contributed by atoms with E-state index in [1.165, 1.54) is 11.3 Å². The summed E-state index contributed by atoms with van der Waals surface area (Å²) in [6.07, 6.45) is 4.11. The van der Waals surface area contributed by atoms with Crippen molar-refractivity contribution in [3.8, 4) is 0 Å². The van der Waals surface area contributed by atoms with Crippen molar-refractivity contribution in [2.24, 2.45) is 5.92 Å². The summed E-state index contributed by atoms with van der Waals surface area (Å²) >= 11 is 8.17. The van der Waals surface area contributed by atoms with Gasteiger partial charge in [0, 0.05) is 12.6 Å². The van der Waals surface area contributed by atoms with Crippen LogP contribution in [0.1, 0.15) is 25.7 Å². The Hall–Kier alpha value is 0.530. The van der Waals surface area contributed by atoms with Gasteiger partial charge in [-0.25, -0.2) is 8.42 Å². The molecule has 0 aromatic carbocycles. The minimum absolute atomic E-state index is 0.204. The molecule has 1 saturated carbocycles. The lowest BCUT2D eigenvalue weighted by atomic mass is 9.98. The molecular formula is C13H18Br2N2O2S2. The first-order valence-corrected chi connectivity index (χ1v) is 11.0. The molecule has 1 aromatic heterocycles. The quantitative estimate of drug-likeness (QED) is 0.736. The van der Waals surface area contributed by atoms with Crippen molar-refractivity contribution in [2.75, 3.05) is 19.6 Å². The van der Waals surface area contributed by atoms with Gasteiger partial charge >= 0.3 is 0 Å². The van der Waals surface area contributed by atoms with Crippen molar-refractivity contribution in [1.82, 2.24) is 9.62 Å². The number of thiophene rings is 1. The number of halogens is 2. The van der Waals surface area contributed by atoms with Gasteiger partial charge in [0.25, 0.3) is 0 Å². The molecule has 1 aliphatic heterocycles. The van der Waals surface area contributed by atoms with Crippen LogP contribution in [-0.4, -0.2) is 38.4 Å². The summed E-state index contributed by atoms with van der Waals surface area (Å²) < 4.78 is 29.3. The van der Waals surface area contributed by atoms with Crippen LogP contribution in [0.25, 0.3) is 0 Å². The number of hydrogen-bond donors (Lipinski definition) is 1. The van der Waals surface area contributed by atoms with Crippen molar-refractivity contribution in [1.29, 1.82) is 0 Å². The second-order valence-electron chi connectivity index (χ2n) is 5.69. The highest BCUT2D eigenvalue weighted by Gasteiger charge is 2.40. The zero-order valence-corrected chi connectivity index (χ0v) is 16.3. The molecule has 0 atom stereocenters. The molecule has 0 radical (unpaired) electrons. The Balaban J connectivity index is 1.84. The third-order valence-corrected chi connectivity index (χ3v) is 8.74. The van der Waals surface area contributed by atoms with E-state index in [0.29, 0.717) is 21.1 Å². The fraction of sp³-hybridized carbons (Fsp3) is 0.692. The predicted molar refractivity (Wildman–Crippen MR) is 92.2 cm³/mol. The zero-order chi connectivity index (χ0) is 15.0. The van der Waals surface area contributed by atoms with E-state index in [1.54, 1.807) is 10.4 Å². The number of sulfonamides is 1. The summed E-state index contributed by atoms with van der Waals surface area (Å²) in [5.74, 6) is 0.475. The van der Waals surface area contributed by atoms with E-state index < -0.39 is 10.0 Å². The molecule has 0 bridgehead atoms. The Kier molecular flexibility index (Phi) is 5.13. The van der Waals surface area contributed by atoms with E-state index in [9.17, 15) is 8.42 Å². The SMILES string of the molecule is O=S(=O)(c1cc(Br)sc1Br)N(CC1CCNCC1)C1CC1. The average molecular weight is 458 g/mol. The van der Waals surface area contributed by atoms with Gasteiger partial charge in [-0.2, -0.15) is 4.31 Å². The van der Waals surface area contributed by atoms with Crippen molar-refractivity contribution < 1.29 is 8.42 Å². The van der Waals surface area contributed by atoms with Crippen LogP contribution in [0.2, 0.25) is 0 Å². The number of nitrogens with one attached hydrogen (secondary N) is 1. The highest BCUT2D eigenvalue weighted by Crippen LogP contribution is 2.40. The number of hydrogen-bond acceptors (Lipinski definition) is 4. The number of rotatable bonds is 5. The number of piperidine rings is 1. The van der Waals surface area contributed by atoms with Crippen LogP contribution in [-0.2, 0) is 10.0 Å². The van der Waals surface area contributed by atoms with Crippen LogP contribution in [0.5, 0.6) is 0 Å². The molecule has 2 aliphatic rings. The second kappa shape index (κ2) is 6.57. The van der Waals surface area contributed by atoms with Crippen LogP contribution in [0.3, 0.4) is 0 Å². The maximum Gasteiger partial charge on any atom is 0.245 e. The van der Waals surface area contributed by atoms with Crippen LogP contribution < -0.4 is 5.32 Å². The molecule has 2 heterocycles. The van der Waals surface area contributed by atoms with Gasteiger partial charge in [0.2, 0.25) is 10.0 Å². The molecule has 1 saturated heterocycles. The maximum absolute atomic E-state index is 13.0. The highest BCUT2D eigenvalue weighted by atomic mass is 79.9. The van der Waals surface area contributed by atoms with E-state index in [0.717, 1.165) is 42.6 Å². The first-order valence-electron chi connectivity index (χ1n) is 7.16. The van der Waals surface area contributed by atoms with Crippen LogP contribution >= 0.6 is 43.2 Å². The van der Waals surface area contributed by atoms with Gasteiger partial charge in [0.15, 0.2) is 0 Å². The molecule has 8 heteroatoms. The predicted octanol–water partition coefficient (Wildman–Crippen LogP) is 3.43. The Morgan fingerprint density at radius 2 is 1.90 bits per heavy atom. The average Bonchev–Trinajstić information content (AvgIpc) is 3.21. The molecule has 0 spiro atoms. The number of nitrogens with zero attached hydrogens (tertiary/aromatic N) is 1. The molecule has 1 aliphatic carbocycles. The van der Waals surface area contributed by atoms with E-state index in [1.807, 2.05) is 0 Å². The molecule has 0 unspecified atom stereocenters. The van der Waals surface area contributed by atoms with Gasteiger partial charge in [-0.05, 0) is 82.6 Å². The summed E-state index contributed by atoms with van der Waals surface area (Å²) in [5, 5.41) is 3.34. The van der Waals surface area contributed by atoms with Gasteiger partial charge < -0.3 is 5.32 Å². The first-order chi connectivity index (χ1) is 9.98. The maximum atomic E-state index is 13.0. The second-order valence-corrected chi connectivity index (χ2v) is 11.3. The molecule has 4 nitrogen and oxygen atoms in total. The summed E-state index contributed by atoms with van der Waals surface area (Å²) in [4.78, 5) is 0.403. The molecule has 118 valence electrons. The highest BCUT2D eigenvalue weighted by molar-refractivity contribution is 9.12. The van der Waals surface area contributed by atoms with Gasteiger partial charge in [-0.3, -0.25) is 0 Å². The Morgan fingerprint density at radius 3 is 2.43 bits per heavy atom. The molecule has 0 amide bonds. The molecule has 1 N–H and O–H groups in total. The van der Waals surface area contributed by atoms with Crippen molar-refractivity contribution in [2.45, 2.75) is 36.6 Å². The lowest BCUT2D eigenvalue weighted by molar-refractivity contribution is 0.283. The van der Waals surface area contributed by atoms with Crippen LogP contribution in [0, 0.1) is 5.92 Å².